The second kappa shape index (κ2) is 3.75. The Morgan fingerprint density at radius 1 is 0.889 bits per heavy atom. The quantitative estimate of drug-likeness (QED) is 0.563. The molecule has 0 nitrogen and oxygen atoms in total. The molecule has 0 aliphatic carbocycles. The van der Waals surface area contributed by atoms with Crippen LogP contribution >= 0.6 is 69.6 Å². The van der Waals surface area contributed by atoms with E-state index in [9.17, 15) is 0 Å². The summed E-state index contributed by atoms with van der Waals surface area (Å²) in [7, 11) is 0. The Bertz CT molecular complexity index is 126. The molecule has 0 N–H and O–H groups in total. The third kappa shape index (κ3) is 4.02. The van der Waals surface area contributed by atoms with Crippen LogP contribution in [0.2, 0.25) is 0 Å². The number of allylic oxidation sites excluding steroid dienone is 1. The van der Waals surface area contributed by atoms with Crippen LogP contribution in [0, 0.1) is 0 Å². The van der Waals surface area contributed by atoms with Crippen molar-refractivity contribution < 1.29 is 0 Å². The van der Waals surface area contributed by atoms with E-state index in [0.29, 0.717) is 0 Å². The molecule has 0 spiro atoms. The number of hydrogen-bond donors (Lipinski definition) is 0. The van der Waals surface area contributed by atoms with Crippen molar-refractivity contribution in [3.05, 3.63) is 9.52 Å². The zero-order chi connectivity index (χ0) is 7.65. The summed E-state index contributed by atoms with van der Waals surface area (Å²) in [5.74, 6) is 0. The van der Waals surface area contributed by atoms with Crippen LogP contribution in [-0.2, 0) is 0 Å². The first-order valence-corrected chi connectivity index (χ1v) is 3.90. The fourth-order valence-corrected chi connectivity index (χ4v) is 0.964. The Balaban J connectivity index is 4.40. The maximum atomic E-state index is 5.31. The summed E-state index contributed by atoms with van der Waals surface area (Å²) < 4.78 is -1.96. The maximum absolute atomic E-state index is 5.31. The van der Waals surface area contributed by atoms with Crippen molar-refractivity contribution in [2.75, 3.05) is 0 Å². The molecule has 9 heavy (non-hydrogen) atoms. The highest BCUT2D eigenvalue weighted by molar-refractivity contribution is 6.75. The normalized spacial score (nSPS) is 11.3. The number of alkyl halides is 3. The van der Waals surface area contributed by atoms with Crippen molar-refractivity contribution in [1.29, 1.82) is 0 Å². The van der Waals surface area contributed by atoms with Gasteiger partial charge in [0.15, 0.2) is 0 Å². The van der Waals surface area contributed by atoms with Gasteiger partial charge in [0.1, 0.15) is 4.49 Å². The van der Waals surface area contributed by atoms with E-state index in [4.69, 9.17) is 69.6 Å². The predicted octanol–water partition coefficient (Wildman–Crippen LogP) is 4.24. The standard InChI is InChI=1S/C3Cl6/c4-1(2(5)6)3(7,8)9. The van der Waals surface area contributed by atoms with Gasteiger partial charge in [0.2, 0.25) is 3.79 Å². The van der Waals surface area contributed by atoms with Gasteiger partial charge in [-0.1, -0.05) is 69.6 Å². The van der Waals surface area contributed by atoms with Gasteiger partial charge in [0, 0.05) is 0 Å². The third-order valence-corrected chi connectivity index (χ3v) is 2.32. The lowest BCUT2D eigenvalue weighted by Gasteiger charge is -2.07. The van der Waals surface area contributed by atoms with Crippen LogP contribution in [0.15, 0.2) is 9.52 Å². The van der Waals surface area contributed by atoms with Gasteiger partial charge in [-0.3, -0.25) is 0 Å². The molecule has 0 aromatic rings. The topological polar surface area (TPSA) is 0 Å². The third-order valence-electron chi connectivity index (χ3n) is 0.415. The molecular weight excluding hydrogens is 249 g/mol. The lowest BCUT2D eigenvalue weighted by molar-refractivity contribution is 1.42. The van der Waals surface area contributed by atoms with Crippen LogP contribution in [0.5, 0.6) is 0 Å². The predicted molar refractivity (Wildman–Crippen MR) is 44.9 cm³/mol. The van der Waals surface area contributed by atoms with E-state index in [1.54, 1.807) is 0 Å². The summed E-state index contributed by atoms with van der Waals surface area (Å²) >= 11 is 31.4. The highest BCUT2D eigenvalue weighted by Crippen LogP contribution is 2.40. The second-order valence-corrected chi connectivity index (χ2v) is 4.68. The van der Waals surface area contributed by atoms with Gasteiger partial charge >= 0.3 is 0 Å². The molecule has 0 aromatic carbocycles. The molecule has 0 heterocycles. The molecule has 0 bridgehead atoms. The first-order valence-electron chi connectivity index (χ1n) is 1.63. The van der Waals surface area contributed by atoms with E-state index in [1.807, 2.05) is 0 Å². The molecule has 0 aromatic heterocycles. The summed E-state index contributed by atoms with van der Waals surface area (Å²) in [5.41, 5.74) is 0. The van der Waals surface area contributed by atoms with E-state index in [-0.39, 0.29) is 9.52 Å². The van der Waals surface area contributed by atoms with Crippen LogP contribution in [0.3, 0.4) is 0 Å². The largest absolute Gasteiger partial charge is 0.228 e. The van der Waals surface area contributed by atoms with Crippen molar-refractivity contribution in [1.82, 2.24) is 0 Å². The fourth-order valence-electron chi connectivity index (χ4n) is 0.107. The minimum Gasteiger partial charge on any atom is -0.0818 e. The maximum Gasteiger partial charge on any atom is 0.228 e. The van der Waals surface area contributed by atoms with Gasteiger partial charge in [-0.15, -0.1) is 0 Å². The first-order chi connectivity index (χ1) is 3.85. The molecule has 0 amide bonds. The van der Waals surface area contributed by atoms with E-state index in [0.717, 1.165) is 0 Å². The van der Waals surface area contributed by atoms with E-state index < -0.39 is 3.79 Å². The summed E-state index contributed by atoms with van der Waals surface area (Å²) in [6.45, 7) is 0. The molecule has 0 fully saturated rings. The van der Waals surface area contributed by atoms with Crippen LogP contribution in [-0.4, -0.2) is 3.79 Å². The van der Waals surface area contributed by atoms with Crippen molar-refractivity contribution >= 4 is 69.6 Å². The van der Waals surface area contributed by atoms with Crippen LogP contribution in [0.1, 0.15) is 0 Å². The molecule has 0 unspecified atom stereocenters. The summed E-state index contributed by atoms with van der Waals surface area (Å²) in [4.78, 5) is 0. The highest BCUT2D eigenvalue weighted by Gasteiger charge is 2.26. The van der Waals surface area contributed by atoms with Gasteiger partial charge in [-0.25, -0.2) is 0 Å². The van der Waals surface area contributed by atoms with Gasteiger partial charge in [-0.2, -0.15) is 0 Å². The lowest BCUT2D eigenvalue weighted by Crippen LogP contribution is -2.01. The van der Waals surface area contributed by atoms with Crippen molar-refractivity contribution in [2.24, 2.45) is 0 Å². The van der Waals surface area contributed by atoms with Crippen molar-refractivity contribution in [3.63, 3.8) is 0 Å². The molecule has 0 radical (unpaired) electrons. The summed E-state index contributed by atoms with van der Waals surface area (Å²) in [5, 5.41) is -0.198. The lowest BCUT2D eigenvalue weighted by atomic mass is 10.7. The number of rotatable bonds is 0. The Hall–Kier alpha value is 1.48. The molecular formula is C3Cl6. The SMILES string of the molecule is ClC(Cl)=C(Cl)C(Cl)(Cl)Cl. The monoisotopic (exact) mass is 246 g/mol. The fraction of sp³-hybridized carbons (Fsp3) is 0.333. The zero-order valence-electron chi connectivity index (χ0n) is 3.77. The van der Waals surface area contributed by atoms with E-state index in [2.05, 4.69) is 0 Å². The molecule has 0 aliphatic heterocycles. The average Bonchev–Trinajstić information content (AvgIpc) is 1.62. The Kier molecular flexibility index (Phi) is 4.37. The smallest absolute Gasteiger partial charge is 0.0818 e. The zero-order valence-corrected chi connectivity index (χ0v) is 8.30. The van der Waals surface area contributed by atoms with E-state index in [1.165, 1.54) is 0 Å². The van der Waals surface area contributed by atoms with Gasteiger partial charge < -0.3 is 0 Å². The van der Waals surface area contributed by atoms with Gasteiger partial charge in [-0.05, 0) is 0 Å². The highest BCUT2D eigenvalue weighted by atomic mass is 35.6. The van der Waals surface area contributed by atoms with Crippen LogP contribution in [0.4, 0.5) is 0 Å². The molecule has 0 saturated carbocycles. The first kappa shape index (κ1) is 10.5. The summed E-state index contributed by atoms with van der Waals surface area (Å²) in [6, 6.07) is 0. The molecule has 54 valence electrons. The van der Waals surface area contributed by atoms with Crippen molar-refractivity contribution in [2.45, 2.75) is 3.79 Å². The summed E-state index contributed by atoms with van der Waals surface area (Å²) in [6.07, 6.45) is 0. The molecule has 0 saturated heterocycles. The molecule has 0 rings (SSSR count). The van der Waals surface area contributed by atoms with Gasteiger partial charge in [0.05, 0.1) is 5.03 Å². The van der Waals surface area contributed by atoms with Crippen LogP contribution in [0.25, 0.3) is 0 Å². The Labute approximate surface area is 82.6 Å². The molecule has 0 aliphatic rings. The molecule has 0 atom stereocenters. The second-order valence-electron chi connectivity index (χ2n) is 1.07. The van der Waals surface area contributed by atoms with Gasteiger partial charge in [0.25, 0.3) is 0 Å². The van der Waals surface area contributed by atoms with Crippen LogP contribution < -0.4 is 0 Å². The molecule has 6 heteroatoms. The Morgan fingerprint density at radius 2 is 1.22 bits per heavy atom. The Morgan fingerprint density at radius 3 is 1.22 bits per heavy atom. The number of halogens is 6. The average molecular weight is 249 g/mol. The van der Waals surface area contributed by atoms with E-state index >= 15 is 0 Å². The minimum atomic E-state index is -1.72. The number of hydrogen-bond acceptors (Lipinski definition) is 0. The minimum absolute atomic E-state index is 0.198. The van der Waals surface area contributed by atoms with Crippen molar-refractivity contribution in [3.8, 4) is 0 Å².